The zero-order valence-electron chi connectivity index (χ0n) is 31.7. The van der Waals surface area contributed by atoms with E-state index >= 15 is 0 Å². The lowest BCUT2D eigenvalue weighted by Gasteiger charge is -2.31. The molecule has 0 radical (unpaired) electrons. The SMILES string of the molecule is CC[C@H](C)[C@H](NC(=O)[C@@H](NC(=O)[C@@H](NC(=O)[C@@H](NC(=O)[C@@H](N)Cc1ccc(O)cc1)[C@@H](C)O)[C@@H](C)CC)[C@@H](C)O)C(=O)N[C@@H](CCCN=C(N)N)C(=O)O. The minimum Gasteiger partial charge on any atom is -0.508 e. The normalized spacial score (nSPS) is 16.7. The number of aliphatic imine (C=N–C) groups is 1. The monoisotopic (exact) mass is 765 g/mol. The van der Waals surface area contributed by atoms with Crippen LogP contribution in [-0.2, 0) is 35.2 Å². The third-order valence-corrected chi connectivity index (χ3v) is 9.00. The molecule has 0 unspecified atom stereocenters. The van der Waals surface area contributed by atoms with Crippen molar-refractivity contribution in [1.29, 1.82) is 0 Å². The predicted molar refractivity (Wildman–Crippen MR) is 199 cm³/mol. The summed E-state index contributed by atoms with van der Waals surface area (Å²) in [5.74, 6) is -6.84. The van der Waals surface area contributed by atoms with Gasteiger partial charge < -0.3 is 64.2 Å². The molecule has 1 aromatic rings. The fraction of sp³-hybridized carbons (Fsp3) is 0.629. The van der Waals surface area contributed by atoms with Crippen LogP contribution in [-0.4, -0.2) is 117 Å². The van der Waals surface area contributed by atoms with Crippen molar-refractivity contribution in [3.8, 4) is 5.75 Å². The van der Waals surface area contributed by atoms with Crippen molar-refractivity contribution in [2.45, 2.75) is 122 Å². The summed E-state index contributed by atoms with van der Waals surface area (Å²) in [5, 5.41) is 52.5. The summed E-state index contributed by atoms with van der Waals surface area (Å²) < 4.78 is 0. The Balaban J connectivity index is 3.15. The van der Waals surface area contributed by atoms with Gasteiger partial charge in [-0.25, -0.2) is 4.79 Å². The van der Waals surface area contributed by atoms with Gasteiger partial charge in [-0.1, -0.05) is 52.7 Å². The molecule has 1 rings (SSSR count). The topological polar surface area (TPSA) is 334 Å². The first-order valence-electron chi connectivity index (χ1n) is 17.9. The van der Waals surface area contributed by atoms with E-state index in [2.05, 4.69) is 31.6 Å². The number of benzene rings is 1. The van der Waals surface area contributed by atoms with Crippen molar-refractivity contribution in [3.05, 3.63) is 29.8 Å². The number of amides is 5. The van der Waals surface area contributed by atoms with Gasteiger partial charge in [-0.15, -0.1) is 0 Å². The van der Waals surface area contributed by atoms with Gasteiger partial charge in [0.05, 0.1) is 18.2 Å². The number of carbonyl (C=O) groups excluding carboxylic acids is 5. The highest BCUT2D eigenvalue weighted by molar-refractivity contribution is 5.97. The first-order valence-corrected chi connectivity index (χ1v) is 17.9. The molecule has 5 amide bonds. The van der Waals surface area contributed by atoms with E-state index in [0.29, 0.717) is 18.4 Å². The molecule has 0 fully saturated rings. The lowest BCUT2D eigenvalue weighted by Crippen LogP contribution is -2.63. The summed E-state index contributed by atoms with van der Waals surface area (Å²) in [7, 11) is 0. The molecule has 0 aliphatic carbocycles. The zero-order valence-corrected chi connectivity index (χ0v) is 31.7. The van der Waals surface area contributed by atoms with Crippen LogP contribution in [0.2, 0.25) is 0 Å². The Morgan fingerprint density at radius 2 is 1.09 bits per heavy atom. The van der Waals surface area contributed by atoms with Crippen molar-refractivity contribution >= 4 is 41.5 Å². The molecule has 1 aromatic carbocycles. The Labute approximate surface area is 315 Å². The van der Waals surface area contributed by atoms with Gasteiger partial charge in [-0.3, -0.25) is 29.0 Å². The second kappa shape index (κ2) is 22.9. The van der Waals surface area contributed by atoms with Gasteiger partial charge >= 0.3 is 5.97 Å². The van der Waals surface area contributed by atoms with E-state index in [1.165, 1.54) is 26.0 Å². The van der Waals surface area contributed by atoms with Crippen molar-refractivity contribution in [2.75, 3.05) is 6.54 Å². The highest BCUT2D eigenvalue weighted by Gasteiger charge is 2.37. The number of hydrogen-bond acceptors (Lipinski definition) is 11. The molecule has 0 spiro atoms. The molecule has 0 saturated heterocycles. The van der Waals surface area contributed by atoms with Crippen LogP contribution in [0.1, 0.15) is 72.8 Å². The Morgan fingerprint density at radius 3 is 1.50 bits per heavy atom. The molecule has 19 heteroatoms. The summed E-state index contributed by atoms with van der Waals surface area (Å²) >= 11 is 0. The van der Waals surface area contributed by atoms with E-state index in [-0.39, 0.29) is 37.5 Å². The van der Waals surface area contributed by atoms with Crippen LogP contribution >= 0.6 is 0 Å². The second-order valence-electron chi connectivity index (χ2n) is 13.5. The number of aliphatic carboxylic acids is 1. The van der Waals surface area contributed by atoms with Gasteiger partial charge in [0.25, 0.3) is 0 Å². The lowest BCUT2D eigenvalue weighted by atomic mass is 9.95. The number of nitrogens with two attached hydrogens (primary N) is 3. The summed E-state index contributed by atoms with van der Waals surface area (Å²) in [6, 6.07) is -2.18. The first-order chi connectivity index (χ1) is 25.2. The Morgan fingerprint density at radius 1 is 0.685 bits per heavy atom. The van der Waals surface area contributed by atoms with Gasteiger partial charge in [0.1, 0.15) is 36.0 Å². The van der Waals surface area contributed by atoms with Crippen molar-refractivity contribution in [3.63, 3.8) is 0 Å². The fourth-order valence-corrected chi connectivity index (χ4v) is 5.20. The average Bonchev–Trinajstić information content (AvgIpc) is 3.11. The number of aromatic hydroxyl groups is 1. The largest absolute Gasteiger partial charge is 0.508 e. The van der Waals surface area contributed by atoms with E-state index in [4.69, 9.17) is 17.2 Å². The summed E-state index contributed by atoms with van der Waals surface area (Å²) in [6.07, 6.45) is -1.89. The molecule has 0 saturated carbocycles. The van der Waals surface area contributed by atoms with E-state index in [1.54, 1.807) is 39.8 Å². The zero-order chi connectivity index (χ0) is 41.3. The molecule has 0 aromatic heterocycles. The number of guanidine groups is 1. The second-order valence-corrected chi connectivity index (χ2v) is 13.5. The Kier molecular flexibility index (Phi) is 20.0. The molecule has 54 heavy (non-hydrogen) atoms. The molecular weight excluding hydrogens is 706 g/mol. The minimum atomic E-state index is -1.62. The molecule has 0 heterocycles. The number of phenols is 1. The van der Waals surface area contributed by atoms with Crippen LogP contribution in [0.4, 0.5) is 0 Å². The Bertz CT molecular complexity index is 1440. The average molecular weight is 766 g/mol. The maximum atomic E-state index is 13.7. The van der Waals surface area contributed by atoms with Crippen LogP contribution in [0, 0.1) is 11.8 Å². The standard InChI is InChI=1S/C35H59N9O10/c1-7-17(3)25(30(49)40-24(34(53)54)10-9-15-39-35(37)38)41-33(52)28(20(6)46)44-31(50)26(18(4)8-2)42-32(51)27(19(5)45)43-29(48)23(36)16-21-11-13-22(47)14-12-21/h11-14,17-20,23-28,45-47H,7-10,15-16,36H2,1-6H3,(H,40,49)(H,41,52)(H,42,51)(H,43,48)(H,44,50)(H,53,54)(H4,37,38,39)/t17-,18-,19+,20+,23-,24-,25-,26-,27-,28-/m0/s1. The molecule has 10 atom stereocenters. The summed E-state index contributed by atoms with van der Waals surface area (Å²) in [6.45, 7) is 9.42. The van der Waals surface area contributed by atoms with Crippen LogP contribution in [0.25, 0.3) is 0 Å². The van der Waals surface area contributed by atoms with Gasteiger partial charge in [-0.2, -0.15) is 0 Å². The molecular formula is C35H59N9O10. The molecule has 19 nitrogen and oxygen atoms in total. The van der Waals surface area contributed by atoms with Crippen LogP contribution < -0.4 is 43.8 Å². The molecule has 15 N–H and O–H groups in total. The van der Waals surface area contributed by atoms with E-state index in [1.807, 2.05) is 0 Å². The fourth-order valence-electron chi connectivity index (χ4n) is 5.20. The van der Waals surface area contributed by atoms with Crippen molar-refractivity contribution in [1.82, 2.24) is 26.6 Å². The van der Waals surface area contributed by atoms with Crippen molar-refractivity contribution < 1.29 is 49.2 Å². The number of aliphatic hydroxyl groups is 2. The van der Waals surface area contributed by atoms with Gasteiger partial charge in [0, 0.05) is 6.54 Å². The van der Waals surface area contributed by atoms with E-state index in [0.717, 1.165) is 0 Å². The molecule has 304 valence electrons. The van der Waals surface area contributed by atoms with E-state index in [9.17, 15) is 49.2 Å². The number of rotatable bonds is 23. The minimum absolute atomic E-state index is 0.0136. The maximum Gasteiger partial charge on any atom is 0.326 e. The van der Waals surface area contributed by atoms with Crippen LogP contribution in [0.3, 0.4) is 0 Å². The molecule has 0 aliphatic heterocycles. The lowest BCUT2D eigenvalue weighted by molar-refractivity contribution is -0.143. The summed E-state index contributed by atoms with van der Waals surface area (Å²) in [5.41, 5.74) is 17.3. The van der Waals surface area contributed by atoms with Gasteiger partial charge in [0.15, 0.2) is 5.96 Å². The highest BCUT2D eigenvalue weighted by atomic mass is 16.4. The number of carbonyl (C=O) groups is 6. The highest BCUT2D eigenvalue weighted by Crippen LogP contribution is 2.14. The predicted octanol–water partition coefficient (Wildman–Crippen LogP) is -2.32. The Hall–Kier alpha value is -5.01. The number of carboxylic acid groups (broad SMARTS) is 1. The number of phenolic OH excluding ortho intramolecular Hbond substituents is 1. The third-order valence-electron chi connectivity index (χ3n) is 9.00. The van der Waals surface area contributed by atoms with Crippen molar-refractivity contribution in [2.24, 2.45) is 34.0 Å². The molecule has 0 bridgehead atoms. The maximum absolute atomic E-state index is 13.7. The smallest absolute Gasteiger partial charge is 0.326 e. The van der Waals surface area contributed by atoms with Gasteiger partial charge in [0.2, 0.25) is 29.5 Å². The number of hydrogen-bond donors (Lipinski definition) is 12. The first kappa shape index (κ1) is 47.0. The number of nitrogens with zero attached hydrogens (tertiary/aromatic N) is 1. The van der Waals surface area contributed by atoms with Crippen LogP contribution in [0.15, 0.2) is 29.3 Å². The number of aliphatic hydroxyl groups excluding tert-OH is 2. The number of carboxylic acids is 1. The van der Waals surface area contributed by atoms with Crippen LogP contribution in [0.5, 0.6) is 5.75 Å². The van der Waals surface area contributed by atoms with E-state index < -0.39 is 95.8 Å². The summed E-state index contributed by atoms with van der Waals surface area (Å²) in [4.78, 5) is 82.6. The quantitative estimate of drug-likeness (QED) is 0.0317. The molecule has 0 aliphatic rings. The van der Waals surface area contributed by atoms with Gasteiger partial charge in [-0.05, 0) is 62.6 Å². The number of nitrogens with one attached hydrogen (secondary N) is 5. The third kappa shape index (κ3) is 15.5.